The van der Waals surface area contributed by atoms with Crippen LogP contribution in [0.25, 0.3) is 0 Å². The largest absolute Gasteiger partial charge is 0.495 e. The molecule has 2 aromatic rings. The zero-order valence-corrected chi connectivity index (χ0v) is 11.8. The Hall–Kier alpha value is -1.75. The summed E-state index contributed by atoms with van der Waals surface area (Å²) in [5.74, 6) is 0.109. The first kappa shape index (κ1) is 13.7. The monoisotopic (exact) mass is 280 g/mol. The Morgan fingerprint density at radius 3 is 2.84 bits per heavy atom. The third-order valence-electron chi connectivity index (χ3n) is 2.94. The van der Waals surface area contributed by atoms with Gasteiger partial charge in [-0.3, -0.25) is 0 Å². The SMILES string of the molecule is CCC(Nc1cc(OC)c(N)cc1F)c1cccs1. The van der Waals surface area contributed by atoms with E-state index >= 15 is 0 Å². The molecule has 2 rings (SSSR count). The predicted molar refractivity (Wildman–Crippen MR) is 78.3 cm³/mol. The van der Waals surface area contributed by atoms with Crippen molar-refractivity contribution < 1.29 is 9.13 Å². The van der Waals surface area contributed by atoms with Gasteiger partial charge in [-0.25, -0.2) is 4.39 Å². The highest BCUT2D eigenvalue weighted by atomic mass is 32.1. The Morgan fingerprint density at radius 1 is 1.47 bits per heavy atom. The third-order valence-corrected chi connectivity index (χ3v) is 3.93. The van der Waals surface area contributed by atoms with Crippen LogP contribution in [0.4, 0.5) is 15.8 Å². The number of nitrogens with two attached hydrogens (primary N) is 1. The van der Waals surface area contributed by atoms with Crippen LogP contribution in [0, 0.1) is 5.82 Å². The fourth-order valence-electron chi connectivity index (χ4n) is 1.91. The molecule has 0 aliphatic carbocycles. The molecule has 0 saturated heterocycles. The smallest absolute Gasteiger partial charge is 0.148 e. The van der Waals surface area contributed by atoms with Gasteiger partial charge in [-0.2, -0.15) is 0 Å². The fourth-order valence-corrected chi connectivity index (χ4v) is 2.77. The van der Waals surface area contributed by atoms with Crippen LogP contribution in [-0.2, 0) is 0 Å². The van der Waals surface area contributed by atoms with Gasteiger partial charge in [0, 0.05) is 17.0 Å². The molecule has 0 saturated carbocycles. The van der Waals surface area contributed by atoms with Crippen molar-refractivity contribution in [1.82, 2.24) is 0 Å². The van der Waals surface area contributed by atoms with Crippen molar-refractivity contribution >= 4 is 22.7 Å². The van der Waals surface area contributed by atoms with E-state index in [0.29, 0.717) is 17.1 Å². The lowest BCUT2D eigenvalue weighted by Gasteiger charge is -2.18. The summed E-state index contributed by atoms with van der Waals surface area (Å²) in [6.07, 6.45) is 0.868. The maximum Gasteiger partial charge on any atom is 0.148 e. The Morgan fingerprint density at radius 2 is 2.26 bits per heavy atom. The van der Waals surface area contributed by atoms with Crippen molar-refractivity contribution in [3.8, 4) is 5.75 Å². The van der Waals surface area contributed by atoms with Crippen LogP contribution < -0.4 is 15.8 Å². The van der Waals surface area contributed by atoms with E-state index in [-0.39, 0.29) is 11.9 Å². The topological polar surface area (TPSA) is 47.3 Å². The van der Waals surface area contributed by atoms with Gasteiger partial charge in [-0.05, 0) is 17.9 Å². The van der Waals surface area contributed by atoms with Gasteiger partial charge in [-0.15, -0.1) is 11.3 Å². The van der Waals surface area contributed by atoms with Gasteiger partial charge in [-0.1, -0.05) is 13.0 Å². The first-order valence-electron chi connectivity index (χ1n) is 6.08. The standard InChI is InChI=1S/C14H17FN2OS/c1-3-11(14-5-4-6-19-14)17-12-8-13(18-2)10(16)7-9(12)15/h4-8,11,17H,3,16H2,1-2H3. The second-order valence-corrected chi connectivity index (χ2v) is 5.17. The minimum atomic E-state index is -0.367. The van der Waals surface area contributed by atoms with E-state index in [9.17, 15) is 4.39 Å². The second-order valence-electron chi connectivity index (χ2n) is 4.19. The number of hydrogen-bond acceptors (Lipinski definition) is 4. The molecule has 19 heavy (non-hydrogen) atoms. The average Bonchev–Trinajstić information content (AvgIpc) is 2.92. The number of benzene rings is 1. The van der Waals surface area contributed by atoms with Gasteiger partial charge in [0.2, 0.25) is 0 Å². The van der Waals surface area contributed by atoms with Gasteiger partial charge in [0.05, 0.1) is 24.5 Å². The van der Waals surface area contributed by atoms with Crippen molar-refractivity contribution in [2.45, 2.75) is 19.4 Å². The first-order chi connectivity index (χ1) is 9.15. The molecule has 1 unspecified atom stereocenters. The minimum absolute atomic E-state index is 0.0860. The molecule has 102 valence electrons. The highest BCUT2D eigenvalue weighted by Gasteiger charge is 2.14. The number of nitrogens with one attached hydrogen (secondary N) is 1. The third kappa shape index (κ3) is 2.98. The molecule has 3 N–H and O–H groups in total. The number of thiophene rings is 1. The van der Waals surface area contributed by atoms with E-state index in [4.69, 9.17) is 10.5 Å². The Kier molecular flexibility index (Phi) is 4.27. The summed E-state index contributed by atoms with van der Waals surface area (Å²) >= 11 is 1.65. The van der Waals surface area contributed by atoms with E-state index in [0.717, 1.165) is 6.42 Å². The molecule has 0 aliphatic heterocycles. The summed E-state index contributed by atoms with van der Waals surface area (Å²) in [4.78, 5) is 1.18. The van der Waals surface area contributed by atoms with E-state index in [2.05, 4.69) is 12.2 Å². The summed E-state index contributed by atoms with van der Waals surface area (Å²) in [5.41, 5.74) is 6.38. The number of ether oxygens (including phenoxy) is 1. The minimum Gasteiger partial charge on any atom is -0.495 e. The number of halogens is 1. The molecule has 0 aliphatic rings. The average molecular weight is 280 g/mol. The van der Waals surface area contributed by atoms with Crippen LogP contribution in [0.5, 0.6) is 5.75 Å². The fraction of sp³-hybridized carbons (Fsp3) is 0.286. The van der Waals surface area contributed by atoms with Crippen LogP contribution in [0.3, 0.4) is 0 Å². The number of methoxy groups -OCH3 is 1. The van der Waals surface area contributed by atoms with Crippen molar-refractivity contribution in [1.29, 1.82) is 0 Å². The van der Waals surface area contributed by atoms with Crippen LogP contribution in [0.15, 0.2) is 29.6 Å². The van der Waals surface area contributed by atoms with Crippen molar-refractivity contribution in [3.05, 3.63) is 40.3 Å². The van der Waals surface area contributed by atoms with Crippen LogP contribution in [0.1, 0.15) is 24.3 Å². The molecule has 3 nitrogen and oxygen atoms in total. The number of nitrogen functional groups attached to an aromatic ring is 1. The Bertz CT molecular complexity index is 543. The van der Waals surface area contributed by atoms with E-state index in [1.807, 2.05) is 17.5 Å². The molecule has 0 bridgehead atoms. The molecule has 1 aromatic heterocycles. The molecule has 5 heteroatoms. The molecule has 0 radical (unpaired) electrons. The van der Waals surface area contributed by atoms with Gasteiger partial charge in [0.25, 0.3) is 0 Å². The molecule has 0 fully saturated rings. The molecular weight excluding hydrogens is 263 g/mol. The van der Waals surface area contributed by atoms with E-state index < -0.39 is 0 Å². The van der Waals surface area contributed by atoms with Crippen LogP contribution in [-0.4, -0.2) is 7.11 Å². The van der Waals surface area contributed by atoms with Crippen molar-refractivity contribution in [3.63, 3.8) is 0 Å². The summed E-state index contributed by atoms with van der Waals surface area (Å²) in [7, 11) is 1.52. The zero-order valence-electron chi connectivity index (χ0n) is 10.9. The molecule has 0 amide bonds. The highest BCUT2D eigenvalue weighted by Crippen LogP contribution is 2.32. The Labute approximate surface area is 116 Å². The quantitative estimate of drug-likeness (QED) is 0.812. The summed E-state index contributed by atoms with van der Waals surface area (Å²) in [6.45, 7) is 2.06. The van der Waals surface area contributed by atoms with Crippen LogP contribution in [0.2, 0.25) is 0 Å². The molecule has 1 aromatic carbocycles. The number of hydrogen-bond donors (Lipinski definition) is 2. The maximum absolute atomic E-state index is 13.9. The van der Waals surface area contributed by atoms with Crippen molar-refractivity contribution in [2.75, 3.05) is 18.2 Å². The first-order valence-corrected chi connectivity index (χ1v) is 6.96. The van der Waals surface area contributed by atoms with Crippen LogP contribution >= 0.6 is 11.3 Å². The molecular formula is C14H17FN2OS. The summed E-state index contributed by atoms with van der Waals surface area (Å²) in [6, 6.07) is 6.99. The lowest BCUT2D eigenvalue weighted by Crippen LogP contribution is -2.10. The summed E-state index contributed by atoms with van der Waals surface area (Å²) in [5, 5.41) is 5.21. The predicted octanol–water partition coefficient (Wildman–Crippen LogP) is 4.04. The highest BCUT2D eigenvalue weighted by molar-refractivity contribution is 7.10. The second kappa shape index (κ2) is 5.93. The van der Waals surface area contributed by atoms with Gasteiger partial charge in [0.1, 0.15) is 11.6 Å². The van der Waals surface area contributed by atoms with Crippen molar-refractivity contribution in [2.24, 2.45) is 0 Å². The lowest BCUT2D eigenvalue weighted by molar-refractivity contribution is 0.416. The number of anilines is 2. The normalized spacial score (nSPS) is 12.2. The molecule has 0 spiro atoms. The lowest BCUT2D eigenvalue weighted by atomic mass is 10.1. The number of rotatable bonds is 5. The van der Waals surface area contributed by atoms with Gasteiger partial charge >= 0.3 is 0 Å². The van der Waals surface area contributed by atoms with E-state index in [1.54, 1.807) is 17.4 Å². The van der Waals surface area contributed by atoms with Gasteiger partial charge in [0.15, 0.2) is 0 Å². The molecule has 1 heterocycles. The van der Waals surface area contributed by atoms with E-state index in [1.165, 1.54) is 18.1 Å². The zero-order chi connectivity index (χ0) is 13.8. The Balaban J connectivity index is 2.27. The maximum atomic E-state index is 13.9. The molecule has 1 atom stereocenters. The summed E-state index contributed by atoms with van der Waals surface area (Å²) < 4.78 is 19.0. The van der Waals surface area contributed by atoms with Gasteiger partial charge < -0.3 is 15.8 Å².